The number of para-hydroxylation sites is 1. The van der Waals surface area contributed by atoms with Crippen LogP contribution in [0, 0.1) is 0 Å². The number of anilines is 1. The second kappa shape index (κ2) is 6.84. The molecular weight excluding hydrogens is 316 g/mol. The van der Waals surface area contributed by atoms with Crippen molar-refractivity contribution >= 4 is 5.69 Å². The number of hydrogen-bond acceptors (Lipinski definition) is 5. The van der Waals surface area contributed by atoms with Gasteiger partial charge in [0.1, 0.15) is 0 Å². The Labute approximate surface area is 146 Å². The standard InChI is InChI=1S/C19H20N4O2/c1-23-13-15(18(22-23)14-6-8-20-9-7-14)12-21-16-4-2-5-17-19(16)25-11-3-10-24-17/h2,4-9,13,21H,3,10-12H2,1H3. The minimum atomic E-state index is 0.644. The maximum Gasteiger partial charge on any atom is 0.184 e. The number of ether oxygens (including phenoxy) is 2. The van der Waals surface area contributed by atoms with Crippen LogP contribution in [0.4, 0.5) is 5.69 Å². The van der Waals surface area contributed by atoms with E-state index in [0.29, 0.717) is 19.8 Å². The Morgan fingerprint density at radius 2 is 1.96 bits per heavy atom. The molecule has 0 atom stereocenters. The molecule has 0 aliphatic carbocycles. The number of hydrogen-bond donors (Lipinski definition) is 1. The van der Waals surface area contributed by atoms with Gasteiger partial charge in [-0.25, -0.2) is 0 Å². The molecular formula is C19H20N4O2. The third kappa shape index (κ3) is 3.28. The Hall–Kier alpha value is -3.02. The highest BCUT2D eigenvalue weighted by Crippen LogP contribution is 2.37. The second-order valence-corrected chi connectivity index (χ2v) is 5.95. The summed E-state index contributed by atoms with van der Waals surface area (Å²) >= 11 is 0. The van der Waals surface area contributed by atoms with Gasteiger partial charge in [0.2, 0.25) is 0 Å². The quantitative estimate of drug-likeness (QED) is 0.792. The number of rotatable bonds is 4. The van der Waals surface area contributed by atoms with E-state index in [2.05, 4.69) is 15.4 Å². The molecule has 3 aromatic rings. The van der Waals surface area contributed by atoms with Crippen molar-refractivity contribution in [2.24, 2.45) is 7.05 Å². The minimum absolute atomic E-state index is 0.644. The number of benzene rings is 1. The van der Waals surface area contributed by atoms with Gasteiger partial charge in [0.15, 0.2) is 11.5 Å². The van der Waals surface area contributed by atoms with Crippen LogP contribution < -0.4 is 14.8 Å². The Kier molecular flexibility index (Phi) is 4.24. The van der Waals surface area contributed by atoms with Crippen molar-refractivity contribution < 1.29 is 9.47 Å². The van der Waals surface area contributed by atoms with Crippen molar-refractivity contribution in [3.8, 4) is 22.8 Å². The lowest BCUT2D eigenvalue weighted by Crippen LogP contribution is -2.03. The zero-order valence-corrected chi connectivity index (χ0v) is 14.1. The maximum atomic E-state index is 5.87. The molecule has 0 bridgehead atoms. The highest BCUT2D eigenvalue weighted by atomic mass is 16.5. The molecule has 0 radical (unpaired) electrons. The van der Waals surface area contributed by atoms with E-state index < -0.39 is 0 Å². The number of aryl methyl sites for hydroxylation is 1. The van der Waals surface area contributed by atoms with Gasteiger partial charge in [-0.1, -0.05) is 6.07 Å². The molecule has 4 rings (SSSR count). The minimum Gasteiger partial charge on any atom is -0.489 e. The van der Waals surface area contributed by atoms with Gasteiger partial charge >= 0.3 is 0 Å². The molecule has 0 fully saturated rings. The van der Waals surface area contributed by atoms with Crippen molar-refractivity contribution in [1.82, 2.24) is 14.8 Å². The van der Waals surface area contributed by atoms with E-state index in [-0.39, 0.29) is 0 Å². The summed E-state index contributed by atoms with van der Waals surface area (Å²) < 4.78 is 13.5. The average molecular weight is 336 g/mol. The maximum absolute atomic E-state index is 5.87. The van der Waals surface area contributed by atoms with Gasteiger partial charge in [-0.2, -0.15) is 5.10 Å². The van der Waals surface area contributed by atoms with Gasteiger partial charge in [0.25, 0.3) is 0 Å². The van der Waals surface area contributed by atoms with Crippen LogP contribution in [0.25, 0.3) is 11.3 Å². The molecule has 0 saturated heterocycles. The third-order valence-electron chi connectivity index (χ3n) is 4.10. The molecule has 6 nitrogen and oxygen atoms in total. The first-order valence-electron chi connectivity index (χ1n) is 8.36. The van der Waals surface area contributed by atoms with Crippen molar-refractivity contribution in [1.29, 1.82) is 0 Å². The fourth-order valence-electron chi connectivity index (χ4n) is 2.94. The molecule has 6 heteroatoms. The summed E-state index contributed by atoms with van der Waals surface area (Å²) in [4.78, 5) is 4.08. The lowest BCUT2D eigenvalue weighted by atomic mass is 10.1. The monoisotopic (exact) mass is 336 g/mol. The number of nitrogens with zero attached hydrogens (tertiary/aromatic N) is 3. The zero-order chi connectivity index (χ0) is 17.1. The van der Waals surface area contributed by atoms with Crippen LogP contribution >= 0.6 is 0 Å². The normalized spacial score (nSPS) is 13.3. The predicted octanol–water partition coefficient (Wildman–Crippen LogP) is 3.26. The molecule has 0 saturated carbocycles. The van der Waals surface area contributed by atoms with E-state index in [9.17, 15) is 0 Å². The lowest BCUT2D eigenvalue weighted by molar-refractivity contribution is 0.297. The highest BCUT2D eigenvalue weighted by molar-refractivity contribution is 5.66. The van der Waals surface area contributed by atoms with Gasteiger partial charge in [-0.05, 0) is 24.3 Å². The summed E-state index contributed by atoms with van der Waals surface area (Å²) in [6.07, 6.45) is 6.48. The van der Waals surface area contributed by atoms with E-state index in [4.69, 9.17) is 9.47 Å². The topological polar surface area (TPSA) is 61.2 Å². The van der Waals surface area contributed by atoms with Crippen LogP contribution in [0.3, 0.4) is 0 Å². The summed E-state index contributed by atoms with van der Waals surface area (Å²) in [5.41, 5.74) is 4.06. The van der Waals surface area contributed by atoms with Crippen molar-refractivity contribution in [3.63, 3.8) is 0 Å². The highest BCUT2D eigenvalue weighted by Gasteiger charge is 2.15. The summed E-state index contributed by atoms with van der Waals surface area (Å²) in [6.45, 7) is 2.00. The van der Waals surface area contributed by atoms with Gasteiger partial charge in [0.05, 0.1) is 24.6 Å². The SMILES string of the molecule is Cn1cc(CNc2cccc3c2OCCCO3)c(-c2ccncc2)n1. The number of nitrogens with one attached hydrogen (secondary N) is 1. The predicted molar refractivity (Wildman–Crippen MR) is 95.8 cm³/mol. The molecule has 0 amide bonds. The summed E-state index contributed by atoms with van der Waals surface area (Å²) in [5, 5.41) is 8.05. The van der Waals surface area contributed by atoms with E-state index >= 15 is 0 Å². The molecule has 1 N–H and O–H groups in total. The van der Waals surface area contributed by atoms with Gasteiger partial charge < -0.3 is 14.8 Å². The molecule has 0 unspecified atom stereocenters. The van der Waals surface area contributed by atoms with Gasteiger partial charge in [-0.3, -0.25) is 9.67 Å². The Balaban J connectivity index is 1.59. The van der Waals surface area contributed by atoms with E-state index in [1.165, 1.54) is 0 Å². The molecule has 1 aromatic carbocycles. The van der Waals surface area contributed by atoms with Crippen molar-refractivity contribution in [2.45, 2.75) is 13.0 Å². The van der Waals surface area contributed by atoms with Crippen LogP contribution in [0.5, 0.6) is 11.5 Å². The first kappa shape index (κ1) is 15.5. The van der Waals surface area contributed by atoms with Crippen LogP contribution in [0.1, 0.15) is 12.0 Å². The van der Waals surface area contributed by atoms with Crippen LogP contribution in [-0.2, 0) is 13.6 Å². The third-order valence-corrected chi connectivity index (χ3v) is 4.10. The van der Waals surface area contributed by atoms with Crippen molar-refractivity contribution in [2.75, 3.05) is 18.5 Å². The lowest BCUT2D eigenvalue weighted by Gasteiger charge is -2.14. The number of pyridine rings is 1. The Morgan fingerprint density at radius 1 is 1.12 bits per heavy atom. The van der Waals surface area contributed by atoms with Crippen LogP contribution in [-0.4, -0.2) is 28.0 Å². The molecule has 1 aliphatic heterocycles. The summed E-state index contributed by atoms with van der Waals surface area (Å²) in [6, 6.07) is 9.87. The number of aromatic nitrogens is 3. The Morgan fingerprint density at radius 3 is 2.84 bits per heavy atom. The van der Waals surface area contributed by atoms with E-state index in [1.807, 2.05) is 48.3 Å². The first-order valence-corrected chi connectivity index (χ1v) is 8.36. The smallest absolute Gasteiger partial charge is 0.184 e. The molecule has 3 heterocycles. The summed E-state index contributed by atoms with van der Waals surface area (Å²) in [5.74, 6) is 1.58. The van der Waals surface area contributed by atoms with Crippen molar-refractivity contribution in [3.05, 3.63) is 54.5 Å². The largest absolute Gasteiger partial charge is 0.489 e. The van der Waals surface area contributed by atoms with E-state index in [1.54, 1.807) is 12.4 Å². The van der Waals surface area contributed by atoms with Crippen LogP contribution in [0.2, 0.25) is 0 Å². The molecule has 25 heavy (non-hydrogen) atoms. The zero-order valence-electron chi connectivity index (χ0n) is 14.1. The summed E-state index contributed by atoms with van der Waals surface area (Å²) in [7, 11) is 1.93. The average Bonchev–Trinajstić information content (AvgIpc) is 2.86. The van der Waals surface area contributed by atoms with Gasteiger partial charge in [0, 0.05) is 49.7 Å². The fraction of sp³-hybridized carbons (Fsp3) is 0.263. The molecule has 1 aliphatic rings. The molecule has 0 spiro atoms. The molecule has 128 valence electrons. The second-order valence-electron chi connectivity index (χ2n) is 5.95. The molecule has 2 aromatic heterocycles. The first-order chi connectivity index (χ1) is 12.3. The fourth-order valence-corrected chi connectivity index (χ4v) is 2.94. The van der Waals surface area contributed by atoms with Gasteiger partial charge in [-0.15, -0.1) is 0 Å². The Bertz CT molecular complexity index is 861. The number of fused-ring (bicyclic) bond motifs is 1. The van der Waals surface area contributed by atoms with E-state index in [0.717, 1.165) is 40.4 Å². The van der Waals surface area contributed by atoms with Crippen LogP contribution in [0.15, 0.2) is 48.9 Å².